The first-order chi connectivity index (χ1) is 7.69. The Bertz CT molecular complexity index is 349. The summed E-state index contributed by atoms with van der Waals surface area (Å²) in [5.74, 6) is 2.80. The van der Waals surface area contributed by atoms with Gasteiger partial charge in [-0.25, -0.2) is 9.97 Å². The molecule has 1 aliphatic rings. The molecule has 0 aliphatic carbocycles. The van der Waals surface area contributed by atoms with Gasteiger partial charge < -0.3 is 15.4 Å². The van der Waals surface area contributed by atoms with Crippen LogP contribution in [0.15, 0.2) is 6.07 Å². The van der Waals surface area contributed by atoms with Gasteiger partial charge in [-0.15, -0.1) is 0 Å². The number of rotatable bonds is 3. The van der Waals surface area contributed by atoms with Crippen molar-refractivity contribution in [1.82, 2.24) is 9.97 Å². The second-order valence-corrected chi connectivity index (χ2v) is 4.25. The van der Waals surface area contributed by atoms with E-state index in [4.69, 9.17) is 10.5 Å². The van der Waals surface area contributed by atoms with E-state index in [2.05, 4.69) is 14.9 Å². The molecule has 0 saturated carbocycles. The molecular weight excluding hydrogens is 204 g/mol. The Hall–Kier alpha value is -1.36. The van der Waals surface area contributed by atoms with Crippen LogP contribution in [0, 0.1) is 12.8 Å². The van der Waals surface area contributed by atoms with Crippen LogP contribution in [0.25, 0.3) is 0 Å². The lowest BCUT2D eigenvalue weighted by Gasteiger charge is -2.17. The number of aryl methyl sites for hydroxylation is 1. The van der Waals surface area contributed by atoms with Crippen LogP contribution in [-0.4, -0.2) is 36.8 Å². The zero-order valence-corrected chi connectivity index (χ0v) is 9.81. The van der Waals surface area contributed by atoms with Gasteiger partial charge in [0.25, 0.3) is 0 Å². The topological polar surface area (TPSA) is 64.3 Å². The highest BCUT2D eigenvalue weighted by molar-refractivity contribution is 5.47. The Morgan fingerprint density at radius 1 is 1.56 bits per heavy atom. The van der Waals surface area contributed by atoms with Gasteiger partial charge in [0, 0.05) is 32.2 Å². The molecule has 1 aromatic heterocycles. The van der Waals surface area contributed by atoms with E-state index < -0.39 is 0 Å². The molecule has 2 N–H and O–H groups in total. The van der Waals surface area contributed by atoms with E-state index in [1.807, 2.05) is 13.0 Å². The number of nitrogens with two attached hydrogens (primary N) is 1. The summed E-state index contributed by atoms with van der Waals surface area (Å²) in [6.07, 6.45) is 1.15. The fourth-order valence-electron chi connectivity index (χ4n) is 2.15. The zero-order valence-electron chi connectivity index (χ0n) is 9.81. The summed E-state index contributed by atoms with van der Waals surface area (Å²) in [6, 6.07) is 1.84. The molecule has 0 bridgehead atoms. The van der Waals surface area contributed by atoms with Crippen LogP contribution in [0.2, 0.25) is 0 Å². The van der Waals surface area contributed by atoms with Crippen molar-refractivity contribution in [2.75, 3.05) is 37.4 Å². The zero-order chi connectivity index (χ0) is 11.5. The maximum absolute atomic E-state index is 5.72. The first-order valence-electron chi connectivity index (χ1n) is 5.54. The van der Waals surface area contributed by atoms with E-state index in [0.717, 1.165) is 37.8 Å². The normalized spacial score (nSPS) is 20.4. The molecule has 1 fully saturated rings. The van der Waals surface area contributed by atoms with Gasteiger partial charge in [-0.3, -0.25) is 0 Å². The SMILES string of the molecule is COCC1CCN(c2cc(N)nc(C)n2)C1. The number of ether oxygens (including phenoxy) is 1. The van der Waals surface area contributed by atoms with Crippen LogP contribution in [0.5, 0.6) is 0 Å². The van der Waals surface area contributed by atoms with Crippen LogP contribution in [0.3, 0.4) is 0 Å². The Balaban J connectivity index is 2.08. The Morgan fingerprint density at radius 2 is 2.38 bits per heavy atom. The van der Waals surface area contributed by atoms with Crippen LogP contribution in [0.4, 0.5) is 11.6 Å². The maximum atomic E-state index is 5.72. The van der Waals surface area contributed by atoms with Gasteiger partial charge in [-0.1, -0.05) is 0 Å². The molecule has 0 spiro atoms. The van der Waals surface area contributed by atoms with Crippen molar-refractivity contribution >= 4 is 11.6 Å². The molecule has 2 heterocycles. The highest BCUT2D eigenvalue weighted by Crippen LogP contribution is 2.23. The number of hydrogen-bond acceptors (Lipinski definition) is 5. The summed E-state index contributed by atoms with van der Waals surface area (Å²) in [5, 5.41) is 0. The average molecular weight is 222 g/mol. The molecule has 5 nitrogen and oxygen atoms in total. The van der Waals surface area contributed by atoms with E-state index in [9.17, 15) is 0 Å². The number of methoxy groups -OCH3 is 1. The van der Waals surface area contributed by atoms with Crippen LogP contribution in [0.1, 0.15) is 12.2 Å². The van der Waals surface area contributed by atoms with Crippen molar-refractivity contribution in [1.29, 1.82) is 0 Å². The third kappa shape index (κ3) is 2.41. The molecule has 1 aromatic rings. The summed E-state index contributed by atoms with van der Waals surface area (Å²) in [7, 11) is 1.75. The highest BCUT2D eigenvalue weighted by Gasteiger charge is 2.23. The van der Waals surface area contributed by atoms with Gasteiger partial charge in [0.15, 0.2) is 0 Å². The predicted octanol–water partition coefficient (Wildman–Crippen LogP) is 0.840. The molecule has 1 atom stereocenters. The minimum absolute atomic E-state index is 0.540. The number of anilines is 2. The fraction of sp³-hybridized carbons (Fsp3) is 0.636. The molecule has 5 heteroatoms. The molecule has 0 aromatic carbocycles. The number of nitrogen functional groups attached to an aromatic ring is 1. The third-order valence-electron chi connectivity index (χ3n) is 2.86. The molecule has 1 aliphatic heterocycles. The van der Waals surface area contributed by atoms with Gasteiger partial charge in [0.2, 0.25) is 0 Å². The van der Waals surface area contributed by atoms with Crippen molar-refractivity contribution in [2.24, 2.45) is 5.92 Å². The van der Waals surface area contributed by atoms with Gasteiger partial charge in [0.05, 0.1) is 6.61 Å². The maximum Gasteiger partial charge on any atom is 0.134 e. The molecule has 1 saturated heterocycles. The fourth-order valence-corrected chi connectivity index (χ4v) is 2.15. The van der Waals surface area contributed by atoms with E-state index in [1.54, 1.807) is 7.11 Å². The summed E-state index contributed by atoms with van der Waals surface area (Å²) in [4.78, 5) is 10.7. The van der Waals surface area contributed by atoms with Crippen molar-refractivity contribution in [2.45, 2.75) is 13.3 Å². The van der Waals surface area contributed by atoms with E-state index in [1.165, 1.54) is 0 Å². The Kier molecular flexibility index (Phi) is 3.24. The Morgan fingerprint density at radius 3 is 3.06 bits per heavy atom. The van der Waals surface area contributed by atoms with Crippen molar-refractivity contribution in [3.8, 4) is 0 Å². The summed E-state index contributed by atoms with van der Waals surface area (Å²) >= 11 is 0. The lowest BCUT2D eigenvalue weighted by molar-refractivity contribution is 0.161. The molecular formula is C11H18N4O. The smallest absolute Gasteiger partial charge is 0.134 e. The van der Waals surface area contributed by atoms with E-state index in [0.29, 0.717) is 11.7 Å². The van der Waals surface area contributed by atoms with Gasteiger partial charge in [-0.05, 0) is 13.3 Å². The minimum Gasteiger partial charge on any atom is -0.384 e. The minimum atomic E-state index is 0.540. The number of hydrogen-bond donors (Lipinski definition) is 1. The van der Waals surface area contributed by atoms with Crippen molar-refractivity contribution in [3.63, 3.8) is 0 Å². The predicted molar refractivity (Wildman–Crippen MR) is 63.4 cm³/mol. The van der Waals surface area contributed by atoms with Crippen LogP contribution < -0.4 is 10.6 Å². The van der Waals surface area contributed by atoms with Gasteiger partial charge in [0.1, 0.15) is 17.5 Å². The van der Waals surface area contributed by atoms with Crippen molar-refractivity contribution < 1.29 is 4.74 Å². The lowest BCUT2D eigenvalue weighted by Crippen LogP contribution is -2.22. The second kappa shape index (κ2) is 4.65. The van der Waals surface area contributed by atoms with Crippen LogP contribution in [-0.2, 0) is 4.74 Å². The second-order valence-electron chi connectivity index (χ2n) is 4.25. The standard InChI is InChI=1S/C11H18N4O/c1-8-13-10(12)5-11(14-8)15-4-3-9(6-15)7-16-2/h5,9H,3-4,6-7H2,1-2H3,(H2,12,13,14). The third-order valence-corrected chi connectivity index (χ3v) is 2.86. The first-order valence-corrected chi connectivity index (χ1v) is 5.54. The van der Waals surface area contributed by atoms with Crippen LogP contribution >= 0.6 is 0 Å². The average Bonchev–Trinajstić information content (AvgIpc) is 2.65. The summed E-state index contributed by atoms with van der Waals surface area (Å²) in [6.45, 7) is 4.69. The molecule has 2 rings (SSSR count). The number of aromatic nitrogens is 2. The van der Waals surface area contributed by atoms with E-state index in [-0.39, 0.29) is 0 Å². The molecule has 16 heavy (non-hydrogen) atoms. The largest absolute Gasteiger partial charge is 0.384 e. The molecule has 0 amide bonds. The Labute approximate surface area is 95.6 Å². The quantitative estimate of drug-likeness (QED) is 0.821. The summed E-state index contributed by atoms with van der Waals surface area (Å²) in [5.41, 5.74) is 5.72. The monoisotopic (exact) mass is 222 g/mol. The molecule has 1 unspecified atom stereocenters. The lowest BCUT2D eigenvalue weighted by atomic mass is 10.1. The first kappa shape index (κ1) is 11.1. The van der Waals surface area contributed by atoms with Crippen molar-refractivity contribution in [3.05, 3.63) is 11.9 Å². The van der Waals surface area contributed by atoms with E-state index >= 15 is 0 Å². The number of nitrogens with zero attached hydrogens (tertiary/aromatic N) is 3. The van der Waals surface area contributed by atoms with Gasteiger partial charge >= 0.3 is 0 Å². The highest BCUT2D eigenvalue weighted by atomic mass is 16.5. The van der Waals surface area contributed by atoms with Gasteiger partial charge in [-0.2, -0.15) is 0 Å². The molecule has 0 radical (unpaired) electrons. The molecule has 88 valence electrons. The summed E-state index contributed by atoms with van der Waals surface area (Å²) < 4.78 is 5.17.